The zero-order chi connectivity index (χ0) is 24.6. The molecule has 0 spiro atoms. The van der Waals surface area contributed by atoms with Crippen molar-refractivity contribution in [3.63, 3.8) is 0 Å². The standard InChI is InChI=1S/C28H33N5O3/c34-27(20-16-31(17-20)28(35)36)30-24(19-6-2-1-3-7-19)12-13-32-21-10-11-22(32)15-23(14-21)33-18-29-25-8-4-5-9-26(25)33/h1-9,18,20-24H,10-17H2,(H,30,34)(H,35,36)/t21-,22+,23?,24-/m0/s1. The Labute approximate surface area is 210 Å². The minimum atomic E-state index is -0.957. The summed E-state index contributed by atoms with van der Waals surface area (Å²) < 4.78 is 2.38. The first-order chi connectivity index (χ1) is 17.6. The van der Waals surface area contributed by atoms with Gasteiger partial charge in [0.15, 0.2) is 0 Å². The zero-order valence-electron chi connectivity index (χ0n) is 20.4. The fourth-order valence-electron chi connectivity index (χ4n) is 6.48. The normalized spacial score (nSPS) is 25.0. The topological polar surface area (TPSA) is 90.7 Å². The number of likely N-dealkylation sites (tertiary alicyclic amines) is 1. The monoisotopic (exact) mass is 487 g/mol. The van der Waals surface area contributed by atoms with Gasteiger partial charge < -0.3 is 19.9 Å². The summed E-state index contributed by atoms with van der Waals surface area (Å²) in [7, 11) is 0. The van der Waals surface area contributed by atoms with Crippen LogP contribution in [0.4, 0.5) is 4.79 Å². The van der Waals surface area contributed by atoms with Crippen LogP contribution >= 0.6 is 0 Å². The minimum absolute atomic E-state index is 0.0463. The summed E-state index contributed by atoms with van der Waals surface area (Å²) in [5, 5.41) is 12.3. The van der Waals surface area contributed by atoms with Crippen molar-refractivity contribution in [2.45, 2.75) is 56.3 Å². The molecule has 3 aromatic rings. The number of hydrogen-bond donors (Lipinski definition) is 2. The Morgan fingerprint density at radius 2 is 1.67 bits per heavy atom. The Bertz CT molecular complexity index is 1220. The molecule has 3 aliphatic heterocycles. The highest BCUT2D eigenvalue weighted by Crippen LogP contribution is 2.42. The van der Waals surface area contributed by atoms with Gasteiger partial charge in [0.2, 0.25) is 5.91 Å². The van der Waals surface area contributed by atoms with Crippen molar-refractivity contribution in [1.82, 2.24) is 24.7 Å². The molecule has 188 valence electrons. The highest BCUT2D eigenvalue weighted by atomic mass is 16.4. The lowest BCUT2D eigenvalue weighted by Gasteiger charge is -2.40. The second-order valence-corrected chi connectivity index (χ2v) is 10.5. The van der Waals surface area contributed by atoms with Crippen molar-refractivity contribution in [1.29, 1.82) is 0 Å². The summed E-state index contributed by atoms with van der Waals surface area (Å²) in [6.07, 6.45) is 6.61. The van der Waals surface area contributed by atoms with Gasteiger partial charge in [-0.15, -0.1) is 0 Å². The van der Waals surface area contributed by atoms with Gasteiger partial charge in [0.25, 0.3) is 0 Å². The number of hydrogen-bond acceptors (Lipinski definition) is 4. The number of carboxylic acid groups (broad SMARTS) is 1. The zero-order valence-corrected chi connectivity index (χ0v) is 20.4. The number of nitrogens with zero attached hydrogens (tertiary/aromatic N) is 4. The summed E-state index contributed by atoms with van der Waals surface area (Å²) in [4.78, 5) is 32.6. The average Bonchev–Trinajstić information content (AvgIpc) is 3.38. The van der Waals surface area contributed by atoms with Crippen molar-refractivity contribution in [3.05, 3.63) is 66.5 Å². The largest absolute Gasteiger partial charge is 0.465 e. The highest BCUT2D eigenvalue weighted by Gasteiger charge is 2.42. The van der Waals surface area contributed by atoms with E-state index in [-0.39, 0.29) is 31.0 Å². The average molecular weight is 488 g/mol. The van der Waals surface area contributed by atoms with Crippen LogP contribution < -0.4 is 5.32 Å². The van der Waals surface area contributed by atoms with Crippen LogP contribution in [0.3, 0.4) is 0 Å². The summed E-state index contributed by atoms with van der Waals surface area (Å²) in [5.41, 5.74) is 3.39. The maximum Gasteiger partial charge on any atom is 0.407 e. The summed E-state index contributed by atoms with van der Waals surface area (Å²) in [6.45, 7) is 1.50. The molecule has 2 N–H and O–H groups in total. The molecular weight excluding hydrogens is 454 g/mol. The van der Waals surface area contributed by atoms with E-state index in [1.807, 2.05) is 30.6 Å². The van der Waals surface area contributed by atoms with Gasteiger partial charge in [0.05, 0.1) is 29.3 Å². The molecule has 4 atom stereocenters. The van der Waals surface area contributed by atoms with Gasteiger partial charge in [-0.05, 0) is 49.8 Å². The molecular formula is C28H33N5O3. The summed E-state index contributed by atoms with van der Waals surface area (Å²) in [5.74, 6) is -0.306. The Balaban J connectivity index is 1.11. The lowest BCUT2D eigenvalue weighted by molar-refractivity contribution is -0.130. The number of nitrogens with one attached hydrogen (secondary N) is 1. The molecule has 0 saturated carbocycles. The molecule has 2 amide bonds. The van der Waals surface area contributed by atoms with Gasteiger partial charge in [-0.1, -0.05) is 42.5 Å². The van der Waals surface area contributed by atoms with E-state index in [9.17, 15) is 9.59 Å². The van der Waals surface area contributed by atoms with Gasteiger partial charge in [0.1, 0.15) is 0 Å². The van der Waals surface area contributed by atoms with Crippen LogP contribution in [0.5, 0.6) is 0 Å². The van der Waals surface area contributed by atoms with E-state index in [0.717, 1.165) is 36.9 Å². The van der Waals surface area contributed by atoms with Crippen molar-refractivity contribution in [3.8, 4) is 0 Å². The van der Waals surface area contributed by atoms with E-state index in [0.29, 0.717) is 18.1 Å². The van der Waals surface area contributed by atoms with Gasteiger partial charge in [0, 0.05) is 37.8 Å². The molecule has 8 heteroatoms. The minimum Gasteiger partial charge on any atom is -0.465 e. The number of imidazole rings is 1. The first-order valence-electron chi connectivity index (χ1n) is 13.1. The third kappa shape index (κ3) is 4.34. The van der Waals surface area contributed by atoms with Crippen LogP contribution in [0.15, 0.2) is 60.9 Å². The highest BCUT2D eigenvalue weighted by molar-refractivity contribution is 5.82. The number of benzene rings is 2. The van der Waals surface area contributed by atoms with Gasteiger partial charge >= 0.3 is 6.09 Å². The predicted molar refractivity (Wildman–Crippen MR) is 137 cm³/mol. The van der Waals surface area contributed by atoms with Gasteiger partial charge in [-0.25, -0.2) is 9.78 Å². The first-order valence-corrected chi connectivity index (χ1v) is 13.1. The Hall–Kier alpha value is -3.39. The number of carbonyl (C=O) groups excluding carboxylic acids is 1. The van der Waals surface area contributed by atoms with Crippen molar-refractivity contribution < 1.29 is 14.7 Å². The Morgan fingerprint density at radius 1 is 0.972 bits per heavy atom. The molecule has 6 rings (SSSR count). The number of para-hydroxylation sites is 2. The Kier molecular flexibility index (Phi) is 6.13. The number of amides is 2. The molecule has 3 fully saturated rings. The fourth-order valence-corrected chi connectivity index (χ4v) is 6.48. The third-order valence-corrected chi connectivity index (χ3v) is 8.45. The molecule has 3 aliphatic rings. The molecule has 2 aromatic carbocycles. The maximum atomic E-state index is 12.9. The van der Waals surface area contributed by atoms with Gasteiger partial charge in [-0.3, -0.25) is 9.69 Å². The van der Waals surface area contributed by atoms with Crippen LogP contribution in [-0.2, 0) is 4.79 Å². The molecule has 0 aliphatic carbocycles. The van der Waals surface area contributed by atoms with E-state index >= 15 is 0 Å². The lowest BCUT2D eigenvalue weighted by Crippen LogP contribution is -2.55. The van der Waals surface area contributed by atoms with Gasteiger partial charge in [-0.2, -0.15) is 0 Å². The summed E-state index contributed by atoms with van der Waals surface area (Å²) >= 11 is 0. The van der Waals surface area contributed by atoms with Crippen molar-refractivity contribution in [2.24, 2.45) is 5.92 Å². The van der Waals surface area contributed by atoms with E-state index < -0.39 is 6.09 Å². The van der Waals surface area contributed by atoms with Crippen LogP contribution in [0.25, 0.3) is 11.0 Å². The maximum absolute atomic E-state index is 12.9. The third-order valence-electron chi connectivity index (χ3n) is 8.45. The quantitative estimate of drug-likeness (QED) is 0.525. The van der Waals surface area contributed by atoms with E-state index in [1.165, 1.54) is 23.3 Å². The van der Waals surface area contributed by atoms with Crippen molar-refractivity contribution >= 4 is 23.0 Å². The summed E-state index contributed by atoms with van der Waals surface area (Å²) in [6, 6.07) is 20.0. The first kappa shape index (κ1) is 23.0. The predicted octanol–water partition coefficient (Wildman–Crippen LogP) is 4.06. The molecule has 2 bridgehead atoms. The molecule has 8 nitrogen and oxygen atoms in total. The van der Waals surface area contributed by atoms with E-state index in [1.54, 1.807) is 0 Å². The molecule has 36 heavy (non-hydrogen) atoms. The second-order valence-electron chi connectivity index (χ2n) is 10.5. The number of carbonyl (C=O) groups is 2. The van der Waals surface area contributed by atoms with Crippen LogP contribution in [0, 0.1) is 5.92 Å². The number of fused-ring (bicyclic) bond motifs is 3. The van der Waals surface area contributed by atoms with Crippen LogP contribution in [0.1, 0.15) is 49.8 Å². The van der Waals surface area contributed by atoms with E-state index in [2.05, 4.69) is 50.1 Å². The molecule has 4 heterocycles. The Morgan fingerprint density at radius 3 is 2.39 bits per heavy atom. The molecule has 1 unspecified atom stereocenters. The number of rotatable bonds is 7. The lowest BCUT2D eigenvalue weighted by atomic mass is 9.94. The SMILES string of the molecule is O=C(N[C@@H](CCN1[C@@H]2CC[C@H]1CC(n1cnc3ccccc31)C2)c1ccccc1)C1CN(C(=O)O)C1. The van der Waals surface area contributed by atoms with Crippen LogP contribution in [0.2, 0.25) is 0 Å². The van der Waals surface area contributed by atoms with Crippen molar-refractivity contribution in [2.75, 3.05) is 19.6 Å². The smallest absolute Gasteiger partial charge is 0.407 e. The van der Waals surface area contributed by atoms with E-state index in [4.69, 9.17) is 5.11 Å². The molecule has 0 radical (unpaired) electrons. The number of aromatic nitrogens is 2. The second kappa shape index (κ2) is 9.58. The fraction of sp³-hybridized carbons (Fsp3) is 0.464. The van der Waals surface area contributed by atoms with Crippen LogP contribution in [-0.4, -0.2) is 68.2 Å². The molecule has 1 aromatic heterocycles. The molecule has 3 saturated heterocycles. The number of piperidine rings is 1.